The van der Waals surface area contributed by atoms with Gasteiger partial charge in [0.2, 0.25) is 5.90 Å². The van der Waals surface area contributed by atoms with Gasteiger partial charge >= 0.3 is 0 Å². The van der Waals surface area contributed by atoms with Crippen LogP contribution in [-0.4, -0.2) is 12.9 Å². The molecular weight excluding hydrogens is 138 g/mol. The van der Waals surface area contributed by atoms with Gasteiger partial charge in [-0.3, -0.25) is 4.99 Å². The van der Waals surface area contributed by atoms with Gasteiger partial charge in [0.05, 0.1) is 6.26 Å². The van der Waals surface area contributed by atoms with E-state index in [0.717, 1.165) is 11.1 Å². The minimum atomic E-state index is 0.669. The molecule has 0 atom stereocenters. The van der Waals surface area contributed by atoms with Crippen LogP contribution in [0.15, 0.2) is 41.1 Å². The van der Waals surface area contributed by atoms with Gasteiger partial charge in [-0.1, -0.05) is 12.7 Å². The van der Waals surface area contributed by atoms with E-state index in [1.807, 2.05) is 13.0 Å². The minimum absolute atomic E-state index is 0.669. The Hall–Kier alpha value is -1.31. The van der Waals surface area contributed by atoms with Crippen LogP contribution in [0, 0.1) is 0 Å². The van der Waals surface area contributed by atoms with Crippen LogP contribution in [0.5, 0.6) is 0 Å². The van der Waals surface area contributed by atoms with Crippen LogP contribution in [0.1, 0.15) is 6.92 Å². The maximum atomic E-state index is 5.15. The van der Waals surface area contributed by atoms with Crippen molar-refractivity contribution in [3.63, 3.8) is 0 Å². The highest BCUT2D eigenvalue weighted by Crippen LogP contribution is 2.19. The van der Waals surface area contributed by atoms with E-state index in [0.29, 0.717) is 5.90 Å². The number of allylic oxidation sites excluding steroid dienone is 2. The summed E-state index contributed by atoms with van der Waals surface area (Å²) >= 11 is 0. The molecule has 0 amide bonds. The molecule has 0 unspecified atom stereocenters. The van der Waals surface area contributed by atoms with Crippen molar-refractivity contribution >= 4 is 5.90 Å². The molecule has 1 rings (SSSR count). The highest BCUT2D eigenvalue weighted by Gasteiger charge is 2.15. The summed E-state index contributed by atoms with van der Waals surface area (Å²) in [5, 5.41) is 0. The lowest BCUT2D eigenvalue weighted by Crippen LogP contribution is -1.97. The molecule has 0 bridgehead atoms. The summed E-state index contributed by atoms with van der Waals surface area (Å²) in [6, 6.07) is 0. The standard InChI is InChI=1S/C9H11NO/c1-4-5-8-7(2)6-11-9(8)10-3/h4-6H,1H2,2-3H3/b8-5-,10-9+. The van der Waals surface area contributed by atoms with E-state index in [1.165, 1.54) is 0 Å². The summed E-state index contributed by atoms with van der Waals surface area (Å²) < 4.78 is 5.15. The molecule has 0 spiro atoms. The molecule has 0 aromatic rings. The van der Waals surface area contributed by atoms with Crippen LogP contribution in [-0.2, 0) is 4.74 Å². The van der Waals surface area contributed by atoms with E-state index in [1.54, 1.807) is 19.4 Å². The van der Waals surface area contributed by atoms with Gasteiger partial charge in [0, 0.05) is 12.6 Å². The predicted molar refractivity (Wildman–Crippen MR) is 46.5 cm³/mol. The molecule has 0 aliphatic carbocycles. The van der Waals surface area contributed by atoms with Crippen LogP contribution in [0.2, 0.25) is 0 Å². The zero-order valence-corrected chi connectivity index (χ0v) is 6.79. The van der Waals surface area contributed by atoms with Crippen molar-refractivity contribution in [1.29, 1.82) is 0 Å². The first-order valence-corrected chi connectivity index (χ1v) is 3.43. The highest BCUT2D eigenvalue weighted by atomic mass is 16.5. The maximum absolute atomic E-state index is 5.15. The van der Waals surface area contributed by atoms with Gasteiger partial charge < -0.3 is 4.74 Å². The average Bonchev–Trinajstić information content (AvgIpc) is 2.34. The Labute approximate surface area is 66.6 Å². The van der Waals surface area contributed by atoms with Crippen LogP contribution in [0.4, 0.5) is 0 Å². The number of ether oxygens (including phenoxy) is 1. The molecule has 58 valence electrons. The van der Waals surface area contributed by atoms with E-state index >= 15 is 0 Å². The monoisotopic (exact) mass is 149 g/mol. The Morgan fingerprint density at radius 2 is 2.36 bits per heavy atom. The Morgan fingerprint density at radius 1 is 1.64 bits per heavy atom. The molecule has 0 saturated carbocycles. The van der Waals surface area contributed by atoms with Crippen molar-refractivity contribution < 1.29 is 4.74 Å². The van der Waals surface area contributed by atoms with E-state index in [4.69, 9.17) is 4.74 Å². The van der Waals surface area contributed by atoms with Gasteiger partial charge in [0.15, 0.2) is 0 Å². The second-order valence-electron chi connectivity index (χ2n) is 2.26. The van der Waals surface area contributed by atoms with Crippen molar-refractivity contribution in [1.82, 2.24) is 0 Å². The van der Waals surface area contributed by atoms with E-state index in [9.17, 15) is 0 Å². The molecular formula is C9H11NO. The van der Waals surface area contributed by atoms with Crippen LogP contribution in [0.25, 0.3) is 0 Å². The smallest absolute Gasteiger partial charge is 0.221 e. The molecule has 11 heavy (non-hydrogen) atoms. The molecule has 1 heterocycles. The zero-order valence-electron chi connectivity index (χ0n) is 6.79. The minimum Gasteiger partial charge on any atom is -0.446 e. The van der Waals surface area contributed by atoms with Crippen molar-refractivity contribution in [3.05, 3.63) is 36.1 Å². The van der Waals surface area contributed by atoms with Gasteiger partial charge in [-0.05, 0) is 18.6 Å². The quantitative estimate of drug-likeness (QED) is 0.559. The molecule has 0 aromatic heterocycles. The molecule has 0 saturated heterocycles. The Morgan fingerprint density at radius 3 is 2.91 bits per heavy atom. The topological polar surface area (TPSA) is 21.6 Å². The lowest BCUT2D eigenvalue weighted by molar-refractivity contribution is 0.485. The second kappa shape index (κ2) is 3.19. The fourth-order valence-corrected chi connectivity index (χ4v) is 0.934. The first kappa shape index (κ1) is 7.79. The third-order valence-corrected chi connectivity index (χ3v) is 1.49. The van der Waals surface area contributed by atoms with Gasteiger partial charge in [-0.15, -0.1) is 0 Å². The third-order valence-electron chi connectivity index (χ3n) is 1.49. The van der Waals surface area contributed by atoms with Gasteiger partial charge in [0.1, 0.15) is 0 Å². The number of rotatable bonds is 1. The molecule has 1 aliphatic heterocycles. The van der Waals surface area contributed by atoms with Crippen LogP contribution in [0.3, 0.4) is 0 Å². The van der Waals surface area contributed by atoms with E-state index in [2.05, 4.69) is 11.6 Å². The Bertz CT molecular complexity index is 259. The number of nitrogens with zero attached hydrogens (tertiary/aromatic N) is 1. The SMILES string of the molecule is C=C/C=C1/C(C)=CO/C1=N/C. The summed E-state index contributed by atoms with van der Waals surface area (Å²) in [5.41, 5.74) is 2.10. The molecule has 0 fully saturated rings. The van der Waals surface area contributed by atoms with Crippen LogP contribution < -0.4 is 0 Å². The number of hydrogen-bond acceptors (Lipinski definition) is 2. The van der Waals surface area contributed by atoms with Crippen LogP contribution >= 0.6 is 0 Å². The summed E-state index contributed by atoms with van der Waals surface area (Å²) in [4.78, 5) is 3.96. The fraction of sp³-hybridized carbons (Fsp3) is 0.222. The van der Waals surface area contributed by atoms with Crippen molar-refractivity contribution in [2.75, 3.05) is 7.05 Å². The predicted octanol–water partition coefficient (Wildman–Crippen LogP) is 2.06. The number of aliphatic imine (C=N–C) groups is 1. The molecule has 2 nitrogen and oxygen atoms in total. The molecule has 0 radical (unpaired) electrons. The lowest BCUT2D eigenvalue weighted by Gasteiger charge is -1.96. The largest absolute Gasteiger partial charge is 0.446 e. The molecule has 0 N–H and O–H groups in total. The molecule has 2 heteroatoms. The van der Waals surface area contributed by atoms with E-state index < -0.39 is 0 Å². The second-order valence-corrected chi connectivity index (χ2v) is 2.26. The summed E-state index contributed by atoms with van der Waals surface area (Å²) in [6.07, 6.45) is 5.31. The summed E-state index contributed by atoms with van der Waals surface area (Å²) in [5.74, 6) is 0.669. The van der Waals surface area contributed by atoms with Gasteiger partial charge in [-0.25, -0.2) is 0 Å². The highest BCUT2D eigenvalue weighted by molar-refractivity contribution is 6.00. The van der Waals surface area contributed by atoms with Crippen molar-refractivity contribution in [2.45, 2.75) is 6.92 Å². The zero-order chi connectivity index (χ0) is 8.27. The first-order chi connectivity index (χ1) is 5.29. The molecule has 0 aromatic carbocycles. The first-order valence-electron chi connectivity index (χ1n) is 3.43. The molecule has 1 aliphatic rings. The summed E-state index contributed by atoms with van der Waals surface area (Å²) in [7, 11) is 1.71. The fourth-order valence-electron chi connectivity index (χ4n) is 0.934. The van der Waals surface area contributed by atoms with Crippen molar-refractivity contribution in [3.8, 4) is 0 Å². The third kappa shape index (κ3) is 1.40. The lowest BCUT2D eigenvalue weighted by atomic mass is 10.1. The van der Waals surface area contributed by atoms with Gasteiger partial charge in [-0.2, -0.15) is 0 Å². The summed E-state index contributed by atoms with van der Waals surface area (Å²) in [6.45, 7) is 5.59. The number of hydrogen-bond donors (Lipinski definition) is 0. The Balaban J connectivity index is 2.98. The Kier molecular flexibility index (Phi) is 2.26. The average molecular weight is 149 g/mol. The van der Waals surface area contributed by atoms with Gasteiger partial charge in [0.25, 0.3) is 0 Å². The van der Waals surface area contributed by atoms with Crippen molar-refractivity contribution in [2.24, 2.45) is 4.99 Å². The normalized spacial score (nSPS) is 23.6. The van der Waals surface area contributed by atoms with E-state index in [-0.39, 0.29) is 0 Å². The maximum Gasteiger partial charge on any atom is 0.221 e.